The molecule has 1 aromatic carbocycles. The summed E-state index contributed by atoms with van der Waals surface area (Å²) in [4.78, 5) is 26.7. The van der Waals surface area contributed by atoms with Crippen LogP contribution in [0, 0.1) is 0 Å². The van der Waals surface area contributed by atoms with Gasteiger partial charge in [-0.2, -0.15) is 0 Å². The van der Waals surface area contributed by atoms with Crippen molar-refractivity contribution in [2.45, 2.75) is 20.0 Å². The van der Waals surface area contributed by atoms with Gasteiger partial charge in [-0.05, 0) is 36.8 Å². The predicted molar refractivity (Wildman–Crippen MR) is 105 cm³/mol. The second kappa shape index (κ2) is 10.2. The molecule has 26 heavy (non-hydrogen) atoms. The van der Waals surface area contributed by atoms with Crippen molar-refractivity contribution in [1.82, 2.24) is 10.2 Å². The number of anilines is 1. The van der Waals surface area contributed by atoms with Gasteiger partial charge in [0.1, 0.15) is 6.61 Å². The van der Waals surface area contributed by atoms with E-state index in [9.17, 15) is 9.59 Å². The van der Waals surface area contributed by atoms with Gasteiger partial charge in [-0.1, -0.05) is 23.7 Å². The number of ether oxygens (including phenoxy) is 1. The van der Waals surface area contributed by atoms with Crippen LogP contribution in [0.4, 0.5) is 10.5 Å². The zero-order valence-corrected chi connectivity index (χ0v) is 16.3. The van der Waals surface area contributed by atoms with Gasteiger partial charge in [0.25, 0.3) is 0 Å². The van der Waals surface area contributed by atoms with Crippen LogP contribution in [0.25, 0.3) is 0 Å². The molecule has 1 aromatic heterocycles. The van der Waals surface area contributed by atoms with Gasteiger partial charge in [-0.3, -0.25) is 4.79 Å². The Balaban J connectivity index is 1.90. The van der Waals surface area contributed by atoms with E-state index in [1.165, 1.54) is 18.4 Å². The number of nitrogens with zero attached hydrogens (tertiary/aromatic N) is 1. The number of hydrogen-bond acceptors (Lipinski definition) is 4. The lowest BCUT2D eigenvalue weighted by Crippen LogP contribution is -2.38. The van der Waals surface area contributed by atoms with E-state index in [0.29, 0.717) is 29.7 Å². The molecule has 140 valence electrons. The maximum atomic E-state index is 12.4. The zero-order valence-electron chi connectivity index (χ0n) is 14.8. The van der Waals surface area contributed by atoms with E-state index in [1.807, 2.05) is 37.3 Å². The van der Waals surface area contributed by atoms with Gasteiger partial charge in [-0.25, -0.2) is 4.79 Å². The van der Waals surface area contributed by atoms with Crippen molar-refractivity contribution in [1.29, 1.82) is 0 Å². The van der Waals surface area contributed by atoms with E-state index in [2.05, 4.69) is 10.6 Å². The summed E-state index contributed by atoms with van der Waals surface area (Å²) in [6.45, 7) is 3.41. The fourth-order valence-corrected chi connectivity index (χ4v) is 3.43. The van der Waals surface area contributed by atoms with Crippen molar-refractivity contribution in [3.63, 3.8) is 0 Å². The van der Waals surface area contributed by atoms with E-state index in [4.69, 9.17) is 16.3 Å². The van der Waals surface area contributed by atoms with Crippen molar-refractivity contribution < 1.29 is 14.3 Å². The summed E-state index contributed by atoms with van der Waals surface area (Å²) in [7, 11) is 1.47. The minimum Gasteiger partial charge on any atom is -0.375 e. The fourth-order valence-electron chi connectivity index (χ4n) is 2.33. The minimum atomic E-state index is -0.222. The molecular formula is C18H22ClN3O3S. The van der Waals surface area contributed by atoms with Crippen molar-refractivity contribution >= 4 is 40.6 Å². The Morgan fingerprint density at radius 1 is 1.27 bits per heavy atom. The number of hydrogen-bond donors (Lipinski definition) is 2. The van der Waals surface area contributed by atoms with E-state index >= 15 is 0 Å². The second-order valence-corrected chi connectivity index (χ2v) is 7.36. The first-order chi connectivity index (χ1) is 12.5. The molecule has 0 aliphatic heterocycles. The Kier molecular flexibility index (Phi) is 7.90. The summed E-state index contributed by atoms with van der Waals surface area (Å²) in [5.74, 6) is -0.222. The summed E-state index contributed by atoms with van der Waals surface area (Å²) in [6, 6.07) is 10.9. The van der Waals surface area contributed by atoms with E-state index in [-0.39, 0.29) is 18.5 Å². The maximum Gasteiger partial charge on any atom is 0.317 e. The quantitative estimate of drug-likeness (QED) is 0.715. The van der Waals surface area contributed by atoms with Gasteiger partial charge in [-0.15, -0.1) is 11.3 Å². The van der Waals surface area contributed by atoms with Crippen LogP contribution in [0.5, 0.6) is 0 Å². The van der Waals surface area contributed by atoms with Crippen LogP contribution < -0.4 is 10.6 Å². The normalized spacial score (nSPS) is 10.4. The SMILES string of the molecule is CCN(Cc1ccc(Cl)s1)C(=O)NCc1cccc(NC(=O)COC)c1. The van der Waals surface area contributed by atoms with Gasteiger partial charge in [0, 0.05) is 30.8 Å². The van der Waals surface area contributed by atoms with E-state index in [1.54, 1.807) is 11.0 Å². The topological polar surface area (TPSA) is 70.7 Å². The Bertz CT molecular complexity index is 751. The van der Waals surface area contributed by atoms with E-state index < -0.39 is 0 Å². The van der Waals surface area contributed by atoms with Crippen molar-refractivity contribution in [2.75, 3.05) is 25.6 Å². The summed E-state index contributed by atoms with van der Waals surface area (Å²) >= 11 is 7.41. The fraction of sp³-hybridized carbons (Fsp3) is 0.333. The molecule has 0 saturated carbocycles. The third kappa shape index (κ3) is 6.33. The molecule has 0 aliphatic rings. The molecule has 6 nitrogen and oxygen atoms in total. The third-order valence-corrected chi connectivity index (χ3v) is 4.79. The molecule has 0 aliphatic carbocycles. The average molecular weight is 396 g/mol. The van der Waals surface area contributed by atoms with Gasteiger partial charge >= 0.3 is 6.03 Å². The number of thiophene rings is 1. The predicted octanol–water partition coefficient (Wildman–Crippen LogP) is 3.72. The maximum absolute atomic E-state index is 12.4. The highest BCUT2D eigenvalue weighted by atomic mass is 35.5. The van der Waals surface area contributed by atoms with Gasteiger partial charge in [0.2, 0.25) is 5.91 Å². The lowest BCUT2D eigenvalue weighted by molar-refractivity contribution is -0.119. The number of carbonyl (C=O) groups excluding carboxylic acids is 2. The largest absolute Gasteiger partial charge is 0.375 e. The first-order valence-electron chi connectivity index (χ1n) is 8.16. The van der Waals surface area contributed by atoms with Crippen LogP contribution in [0.2, 0.25) is 4.34 Å². The van der Waals surface area contributed by atoms with Gasteiger partial charge in [0.15, 0.2) is 0 Å². The molecule has 0 atom stereocenters. The summed E-state index contributed by atoms with van der Waals surface area (Å²) in [5, 5.41) is 5.65. The van der Waals surface area contributed by atoms with Crippen LogP contribution in [0.15, 0.2) is 36.4 Å². The molecule has 0 radical (unpaired) electrons. The van der Waals surface area contributed by atoms with Crippen molar-refractivity contribution in [2.24, 2.45) is 0 Å². The Labute approximate surface area is 162 Å². The number of methoxy groups -OCH3 is 1. The van der Waals surface area contributed by atoms with Crippen LogP contribution in [0.1, 0.15) is 17.4 Å². The van der Waals surface area contributed by atoms with Crippen LogP contribution >= 0.6 is 22.9 Å². The van der Waals surface area contributed by atoms with Gasteiger partial charge in [0.05, 0.1) is 10.9 Å². The molecule has 8 heteroatoms. The van der Waals surface area contributed by atoms with E-state index in [0.717, 1.165) is 10.4 Å². The molecule has 0 unspecified atom stereocenters. The lowest BCUT2D eigenvalue weighted by atomic mass is 10.2. The third-order valence-electron chi connectivity index (χ3n) is 3.57. The number of amides is 3. The van der Waals surface area contributed by atoms with Crippen LogP contribution in [-0.4, -0.2) is 37.1 Å². The van der Waals surface area contributed by atoms with Crippen LogP contribution in [-0.2, 0) is 22.6 Å². The highest BCUT2D eigenvalue weighted by molar-refractivity contribution is 7.16. The number of nitrogens with one attached hydrogen (secondary N) is 2. The minimum absolute atomic E-state index is 0.000833. The molecular weight excluding hydrogens is 374 g/mol. The average Bonchev–Trinajstić information content (AvgIpc) is 3.03. The molecule has 0 saturated heterocycles. The summed E-state index contributed by atoms with van der Waals surface area (Å²) in [6.07, 6.45) is 0. The highest BCUT2D eigenvalue weighted by Crippen LogP contribution is 2.22. The van der Waals surface area contributed by atoms with Crippen molar-refractivity contribution in [3.8, 4) is 0 Å². The molecule has 3 amide bonds. The van der Waals surface area contributed by atoms with Gasteiger partial charge < -0.3 is 20.3 Å². The molecule has 2 aromatic rings. The summed E-state index contributed by atoms with van der Waals surface area (Å²) in [5.41, 5.74) is 1.56. The molecule has 2 rings (SSSR count). The smallest absolute Gasteiger partial charge is 0.317 e. The molecule has 0 fully saturated rings. The Morgan fingerprint density at radius 2 is 2.08 bits per heavy atom. The standard InChI is InChI=1S/C18H22ClN3O3S/c1-3-22(11-15-7-8-16(19)26-15)18(24)20-10-13-5-4-6-14(9-13)21-17(23)12-25-2/h4-9H,3,10-12H2,1-2H3,(H,20,24)(H,21,23). The number of benzene rings is 1. The number of urea groups is 1. The number of halogens is 1. The second-order valence-electron chi connectivity index (χ2n) is 5.56. The summed E-state index contributed by atoms with van der Waals surface area (Å²) < 4.78 is 5.50. The first kappa shape index (κ1) is 20.2. The monoisotopic (exact) mass is 395 g/mol. The lowest BCUT2D eigenvalue weighted by Gasteiger charge is -2.20. The zero-order chi connectivity index (χ0) is 18.9. The highest BCUT2D eigenvalue weighted by Gasteiger charge is 2.13. The number of carbonyl (C=O) groups is 2. The Hall–Kier alpha value is -2.09. The molecule has 1 heterocycles. The van der Waals surface area contributed by atoms with Crippen molar-refractivity contribution in [3.05, 3.63) is 51.2 Å². The molecule has 0 spiro atoms. The van der Waals surface area contributed by atoms with Crippen LogP contribution in [0.3, 0.4) is 0 Å². The molecule has 0 bridgehead atoms. The Morgan fingerprint density at radius 3 is 2.73 bits per heavy atom. The first-order valence-corrected chi connectivity index (χ1v) is 9.36. The molecule has 2 N–H and O–H groups in total. The number of rotatable bonds is 8.